The SMILES string of the molecule is CC(Nc1ccc(C#N)cc1Cl)c1cc(Br)ccc1F. The van der Waals surface area contributed by atoms with Gasteiger partial charge in [0, 0.05) is 10.0 Å². The van der Waals surface area contributed by atoms with Crippen LogP contribution in [0.5, 0.6) is 0 Å². The lowest BCUT2D eigenvalue weighted by Crippen LogP contribution is -2.09. The van der Waals surface area contributed by atoms with Crippen molar-refractivity contribution in [1.82, 2.24) is 0 Å². The van der Waals surface area contributed by atoms with Crippen LogP contribution in [0.2, 0.25) is 5.02 Å². The molecule has 5 heteroatoms. The van der Waals surface area contributed by atoms with Crippen LogP contribution in [0, 0.1) is 17.1 Å². The predicted molar refractivity (Wildman–Crippen MR) is 82.3 cm³/mol. The number of nitrogens with zero attached hydrogens (tertiary/aromatic N) is 1. The summed E-state index contributed by atoms with van der Waals surface area (Å²) in [7, 11) is 0. The average Bonchev–Trinajstić information content (AvgIpc) is 2.43. The number of hydrogen-bond acceptors (Lipinski definition) is 2. The first-order valence-electron chi connectivity index (χ1n) is 5.92. The Kier molecular flexibility index (Phi) is 4.64. The maximum atomic E-state index is 13.8. The Morgan fingerprint density at radius 2 is 2.05 bits per heavy atom. The van der Waals surface area contributed by atoms with Gasteiger partial charge in [0.1, 0.15) is 5.82 Å². The first-order valence-corrected chi connectivity index (χ1v) is 7.09. The van der Waals surface area contributed by atoms with Gasteiger partial charge < -0.3 is 5.32 Å². The molecule has 1 N–H and O–H groups in total. The van der Waals surface area contributed by atoms with E-state index >= 15 is 0 Å². The molecule has 0 aliphatic rings. The molecular formula is C15H11BrClFN2. The molecule has 1 atom stereocenters. The molecular weight excluding hydrogens is 343 g/mol. The molecule has 2 aromatic carbocycles. The number of benzene rings is 2. The van der Waals surface area contributed by atoms with Gasteiger partial charge in [0.25, 0.3) is 0 Å². The van der Waals surface area contributed by atoms with Crippen LogP contribution in [0.15, 0.2) is 40.9 Å². The van der Waals surface area contributed by atoms with E-state index in [1.54, 1.807) is 30.3 Å². The smallest absolute Gasteiger partial charge is 0.128 e. The lowest BCUT2D eigenvalue weighted by Gasteiger charge is -2.17. The van der Waals surface area contributed by atoms with E-state index in [9.17, 15) is 4.39 Å². The summed E-state index contributed by atoms with van der Waals surface area (Å²) >= 11 is 9.42. The van der Waals surface area contributed by atoms with Gasteiger partial charge in [-0.05, 0) is 43.3 Å². The third-order valence-corrected chi connectivity index (χ3v) is 3.70. The molecule has 0 spiro atoms. The Morgan fingerprint density at radius 3 is 2.70 bits per heavy atom. The van der Waals surface area contributed by atoms with E-state index in [1.165, 1.54) is 6.07 Å². The summed E-state index contributed by atoms with van der Waals surface area (Å²) in [5, 5.41) is 12.4. The molecule has 0 aliphatic heterocycles. The molecule has 0 saturated heterocycles. The van der Waals surface area contributed by atoms with E-state index in [4.69, 9.17) is 16.9 Å². The second kappa shape index (κ2) is 6.25. The number of nitriles is 1. The van der Waals surface area contributed by atoms with Crippen LogP contribution in [-0.4, -0.2) is 0 Å². The van der Waals surface area contributed by atoms with Crippen LogP contribution in [0.4, 0.5) is 10.1 Å². The molecule has 0 aliphatic carbocycles. The van der Waals surface area contributed by atoms with Crippen molar-refractivity contribution in [2.24, 2.45) is 0 Å². The van der Waals surface area contributed by atoms with Crippen molar-refractivity contribution < 1.29 is 4.39 Å². The molecule has 2 nitrogen and oxygen atoms in total. The van der Waals surface area contributed by atoms with Crippen molar-refractivity contribution >= 4 is 33.2 Å². The molecule has 2 aromatic rings. The standard InChI is InChI=1S/C15H11BrClFN2/c1-9(12-7-11(16)3-4-14(12)18)20-15-5-2-10(8-19)6-13(15)17/h2-7,9,20H,1H3. The van der Waals surface area contributed by atoms with Gasteiger partial charge in [0.2, 0.25) is 0 Å². The fourth-order valence-electron chi connectivity index (χ4n) is 1.86. The second-order valence-corrected chi connectivity index (χ2v) is 5.66. The highest BCUT2D eigenvalue weighted by Gasteiger charge is 2.13. The Bertz CT molecular complexity index is 682. The topological polar surface area (TPSA) is 35.8 Å². The minimum Gasteiger partial charge on any atom is -0.377 e. The molecule has 2 rings (SSSR count). The molecule has 20 heavy (non-hydrogen) atoms. The normalized spacial score (nSPS) is 11.8. The number of anilines is 1. The minimum atomic E-state index is -0.280. The summed E-state index contributed by atoms with van der Waals surface area (Å²) in [5.41, 5.74) is 1.69. The molecule has 0 aromatic heterocycles. The molecule has 1 unspecified atom stereocenters. The van der Waals surface area contributed by atoms with Crippen LogP contribution in [0.3, 0.4) is 0 Å². The number of hydrogen-bond donors (Lipinski definition) is 1. The molecule has 102 valence electrons. The van der Waals surface area contributed by atoms with Crippen molar-refractivity contribution in [2.45, 2.75) is 13.0 Å². The zero-order valence-corrected chi connectivity index (χ0v) is 13.0. The van der Waals surface area contributed by atoms with Gasteiger partial charge in [-0.3, -0.25) is 0 Å². The summed E-state index contributed by atoms with van der Waals surface area (Å²) in [4.78, 5) is 0. The monoisotopic (exact) mass is 352 g/mol. The van der Waals surface area contributed by atoms with Gasteiger partial charge in [-0.2, -0.15) is 5.26 Å². The lowest BCUT2D eigenvalue weighted by atomic mass is 10.1. The Labute approximate surface area is 130 Å². The third-order valence-electron chi connectivity index (χ3n) is 2.89. The maximum Gasteiger partial charge on any atom is 0.128 e. The van der Waals surface area contributed by atoms with E-state index in [0.29, 0.717) is 21.8 Å². The summed E-state index contributed by atoms with van der Waals surface area (Å²) in [6.07, 6.45) is 0. The quantitative estimate of drug-likeness (QED) is 0.814. The zero-order valence-electron chi connectivity index (χ0n) is 10.6. The zero-order chi connectivity index (χ0) is 14.7. The maximum absolute atomic E-state index is 13.8. The predicted octanol–water partition coefficient (Wildman–Crippen LogP) is 5.29. The van der Waals surface area contributed by atoms with E-state index in [0.717, 1.165) is 4.47 Å². The van der Waals surface area contributed by atoms with E-state index < -0.39 is 0 Å². The van der Waals surface area contributed by atoms with E-state index in [2.05, 4.69) is 21.2 Å². The Hall–Kier alpha value is -1.57. The van der Waals surface area contributed by atoms with Crippen molar-refractivity contribution in [3.8, 4) is 6.07 Å². The molecule has 0 saturated carbocycles. The summed E-state index contributed by atoms with van der Waals surface area (Å²) in [6.45, 7) is 1.85. The molecule has 0 amide bonds. The van der Waals surface area contributed by atoms with Gasteiger partial charge >= 0.3 is 0 Å². The highest BCUT2D eigenvalue weighted by atomic mass is 79.9. The molecule has 0 bridgehead atoms. The van der Waals surface area contributed by atoms with Gasteiger partial charge in [-0.25, -0.2) is 4.39 Å². The van der Waals surface area contributed by atoms with Gasteiger partial charge in [0.05, 0.1) is 28.4 Å². The molecule has 0 fully saturated rings. The van der Waals surface area contributed by atoms with E-state index in [1.807, 2.05) is 13.0 Å². The van der Waals surface area contributed by atoms with Crippen LogP contribution < -0.4 is 5.32 Å². The summed E-state index contributed by atoms with van der Waals surface area (Å²) in [5.74, 6) is -0.280. The Balaban J connectivity index is 2.26. The van der Waals surface area contributed by atoms with Crippen LogP contribution in [0.25, 0.3) is 0 Å². The van der Waals surface area contributed by atoms with Crippen LogP contribution in [-0.2, 0) is 0 Å². The van der Waals surface area contributed by atoms with Gasteiger partial charge in [-0.1, -0.05) is 27.5 Å². The van der Waals surface area contributed by atoms with Gasteiger partial charge in [-0.15, -0.1) is 0 Å². The number of nitrogens with one attached hydrogen (secondary N) is 1. The largest absolute Gasteiger partial charge is 0.377 e. The fourth-order valence-corrected chi connectivity index (χ4v) is 2.47. The highest BCUT2D eigenvalue weighted by molar-refractivity contribution is 9.10. The van der Waals surface area contributed by atoms with Crippen molar-refractivity contribution in [3.05, 3.63) is 62.8 Å². The first-order chi connectivity index (χ1) is 9.51. The van der Waals surface area contributed by atoms with Crippen LogP contribution >= 0.6 is 27.5 Å². The summed E-state index contributed by atoms with van der Waals surface area (Å²) < 4.78 is 14.6. The highest BCUT2D eigenvalue weighted by Crippen LogP contribution is 2.29. The average molecular weight is 354 g/mol. The van der Waals surface area contributed by atoms with Gasteiger partial charge in [0.15, 0.2) is 0 Å². The Morgan fingerprint density at radius 1 is 1.30 bits per heavy atom. The lowest BCUT2D eigenvalue weighted by molar-refractivity contribution is 0.600. The van der Waals surface area contributed by atoms with Crippen molar-refractivity contribution in [3.63, 3.8) is 0 Å². The minimum absolute atomic E-state index is 0.252. The first kappa shape index (κ1) is 14.8. The number of rotatable bonds is 3. The second-order valence-electron chi connectivity index (χ2n) is 4.34. The van der Waals surface area contributed by atoms with E-state index in [-0.39, 0.29) is 11.9 Å². The molecule has 0 radical (unpaired) electrons. The fraction of sp³-hybridized carbons (Fsp3) is 0.133. The van der Waals surface area contributed by atoms with Crippen LogP contribution in [0.1, 0.15) is 24.1 Å². The third kappa shape index (κ3) is 3.30. The van der Waals surface area contributed by atoms with Crippen molar-refractivity contribution in [2.75, 3.05) is 5.32 Å². The molecule has 0 heterocycles. The number of halogens is 3. The summed E-state index contributed by atoms with van der Waals surface area (Å²) in [6, 6.07) is 11.5. The van der Waals surface area contributed by atoms with Crippen molar-refractivity contribution in [1.29, 1.82) is 5.26 Å².